The van der Waals surface area contributed by atoms with Gasteiger partial charge in [-0.1, -0.05) is 24.3 Å². The lowest BCUT2D eigenvalue weighted by Crippen LogP contribution is -2.20. The third-order valence-electron chi connectivity index (χ3n) is 2.85. The van der Waals surface area contributed by atoms with Gasteiger partial charge in [0.2, 0.25) is 0 Å². The fourth-order valence-corrected chi connectivity index (χ4v) is 1.52. The lowest BCUT2D eigenvalue weighted by molar-refractivity contribution is -0.138. The molecule has 3 N–H and O–H groups in total. The topological polar surface area (TPSA) is 72.5 Å². The average Bonchev–Trinajstić information content (AvgIpc) is 2.35. The van der Waals surface area contributed by atoms with Crippen LogP contribution in [0.15, 0.2) is 24.3 Å². The van der Waals surface area contributed by atoms with Crippen molar-refractivity contribution in [2.24, 2.45) is 5.73 Å². The second-order valence-corrected chi connectivity index (χ2v) is 4.14. The Morgan fingerprint density at radius 3 is 2.47 bits per heavy atom. The molecule has 2 atom stereocenters. The molecule has 4 heteroatoms. The number of benzene rings is 1. The van der Waals surface area contributed by atoms with Gasteiger partial charge in [-0.05, 0) is 30.9 Å². The van der Waals surface area contributed by atoms with Gasteiger partial charge >= 0.3 is 5.97 Å². The molecule has 0 saturated carbocycles. The fraction of sp³-hybridized carbons (Fsp3) is 0.462. The molecule has 0 aromatic heterocycles. The maximum atomic E-state index is 10.7. The predicted octanol–water partition coefficient (Wildman–Crippen LogP) is 1.74. The zero-order valence-electron chi connectivity index (χ0n) is 10.2. The lowest BCUT2D eigenvalue weighted by atomic mass is 10.0. The van der Waals surface area contributed by atoms with Gasteiger partial charge in [-0.3, -0.25) is 4.79 Å². The minimum atomic E-state index is -1.01. The molecule has 0 bridgehead atoms. The molecule has 1 aromatic carbocycles. The third-order valence-corrected chi connectivity index (χ3v) is 2.85. The van der Waals surface area contributed by atoms with E-state index in [1.54, 1.807) is 19.2 Å². The van der Waals surface area contributed by atoms with Crippen LogP contribution < -0.4 is 5.73 Å². The average molecular weight is 237 g/mol. The van der Waals surface area contributed by atoms with E-state index in [0.29, 0.717) is 5.56 Å². The van der Waals surface area contributed by atoms with E-state index < -0.39 is 12.0 Å². The molecule has 1 rings (SSSR count). The van der Waals surface area contributed by atoms with Gasteiger partial charge in [-0.15, -0.1) is 0 Å². The largest absolute Gasteiger partial charge is 0.480 e. The van der Waals surface area contributed by atoms with Crippen LogP contribution in [0.25, 0.3) is 0 Å². The number of hydrogen-bond donors (Lipinski definition) is 2. The van der Waals surface area contributed by atoms with Gasteiger partial charge in [0.1, 0.15) is 6.04 Å². The van der Waals surface area contributed by atoms with Crippen molar-refractivity contribution in [3.8, 4) is 0 Å². The highest BCUT2D eigenvalue weighted by Crippen LogP contribution is 2.13. The van der Waals surface area contributed by atoms with Gasteiger partial charge in [0.25, 0.3) is 0 Å². The van der Waals surface area contributed by atoms with E-state index in [4.69, 9.17) is 15.6 Å². The first-order chi connectivity index (χ1) is 8.04. The summed E-state index contributed by atoms with van der Waals surface area (Å²) in [6.07, 6.45) is 2.09. The molecule has 0 saturated heterocycles. The molecule has 0 spiro atoms. The van der Waals surface area contributed by atoms with Crippen molar-refractivity contribution in [1.29, 1.82) is 0 Å². The molecule has 4 nitrogen and oxygen atoms in total. The van der Waals surface area contributed by atoms with E-state index in [1.807, 2.05) is 19.1 Å². The van der Waals surface area contributed by atoms with E-state index in [9.17, 15) is 4.79 Å². The number of carbonyl (C=O) groups is 1. The lowest BCUT2D eigenvalue weighted by Gasteiger charge is -2.10. The van der Waals surface area contributed by atoms with E-state index in [2.05, 4.69) is 0 Å². The molecule has 0 aliphatic carbocycles. The molecule has 0 amide bonds. The molecule has 2 unspecified atom stereocenters. The van der Waals surface area contributed by atoms with Crippen LogP contribution in [0.3, 0.4) is 0 Å². The maximum Gasteiger partial charge on any atom is 0.325 e. The Morgan fingerprint density at radius 2 is 2.00 bits per heavy atom. The molecule has 94 valence electrons. The highest BCUT2D eigenvalue weighted by atomic mass is 16.5. The summed E-state index contributed by atoms with van der Waals surface area (Å²) < 4.78 is 5.17. The van der Waals surface area contributed by atoms with Crippen molar-refractivity contribution in [3.63, 3.8) is 0 Å². The Hall–Kier alpha value is -1.39. The number of ether oxygens (including phenoxy) is 1. The third kappa shape index (κ3) is 4.17. The zero-order chi connectivity index (χ0) is 12.8. The molecule has 0 aliphatic heterocycles. The highest BCUT2D eigenvalue weighted by molar-refractivity contribution is 5.75. The molecule has 0 heterocycles. The summed E-state index contributed by atoms with van der Waals surface area (Å²) in [5.41, 5.74) is 7.30. The summed E-state index contributed by atoms with van der Waals surface area (Å²) in [4.78, 5) is 10.7. The van der Waals surface area contributed by atoms with Crippen molar-refractivity contribution in [1.82, 2.24) is 0 Å². The Kier molecular flexibility index (Phi) is 5.12. The van der Waals surface area contributed by atoms with Gasteiger partial charge in [0, 0.05) is 7.11 Å². The van der Waals surface area contributed by atoms with Crippen LogP contribution >= 0.6 is 0 Å². The fourth-order valence-electron chi connectivity index (χ4n) is 1.52. The van der Waals surface area contributed by atoms with Crippen LogP contribution in [-0.2, 0) is 16.0 Å². The van der Waals surface area contributed by atoms with E-state index in [0.717, 1.165) is 18.4 Å². The number of methoxy groups -OCH3 is 1. The molecule has 0 radical (unpaired) electrons. The van der Waals surface area contributed by atoms with Crippen molar-refractivity contribution < 1.29 is 14.6 Å². The minimum absolute atomic E-state index is 0.232. The molecule has 0 aliphatic rings. The van der Waals surface area contributed by atoms with Crippen molar-refractivity contribution >= 4 is 5.97 Å². The molecule has 17 heavy (non-hydrogen) atoms. The van der Waals surface area contributed by atoms with Crippen molar-refractivity contribution in [2.45, 2.75) is 31.9 Å². The minimum Gasteiger partial charge on any atom is -0.480 e. The molecule has 1 aromatic rings. The Labute approximate surface area is 101 Å². The summed E-state index contributed by atoms with van der Waals surface area (Å²) in [7, 11) is 1.69. The second kappa shape index (κ2) is 6.37. The second-order valence-electron chi connectivity index (χ2n) is 4.14. The van der Waals surface area contributed by atoms with Crippen LogP contribution in [0.5, 0.6) is 0 Å². The predicted molar refractivity (Wildman–Crippen MR) is 65.8 cm³/mol. The van der Waals surface area contributed by atoms with E-state index in [1.165, 1.54) is 0 Å². The Bertz CT molecular complexity index is 361. The van der Waals surface area contributed by atoms with Gasteiger partial charge in [-0.2, -0.15) is 0 Å². The Balaban J connectivity index is 2.59. The number of aryl methyl sites for hydroxylation is 1. The molecule has 0 fully saturated rings. The quantitative estimate of drug-likeness (QED) is 0.790. The van der Waals surface area contributed by atoms with Crippen molar-refractivity contribution in [3.05, 3.63) is 35.4 Å². The van der Waals surface area contributed by atoms with Crippen LogP contribution in [0, 0.1) is 0 Å². The molecular weight excluding hydrogens is 218 g/mol. The SMILES string of the molecule is COC(C)CCc1ccc(C(N)C(=O)O)cc1. The Morgan fingerprint density at radius 1 is 1.41 bits per heavy atom. The van der Waals surface area contributed by atoms with Crippen molar-refractivity contribution in [2.75, 3.05) is 7.11 Å². The summed E-state index contributed by atoms with van der Waals surface area (Å²) in [5, 5.41) is 8.77. The smallest absolute Gasteiger partial charge is 0.325 e. The first-order valence-corrected chi connectivity index (χ1v) is 5.64. The standard InChI is InChI=1S/C13H19NO3/c1-9(17-2)3-4-10-5-7-11(8-6-10)12(14)13(15)16/h5-9,12H,3-4,14H2,1-2H3,(H,15,16). The number of carboxylic acids is 1. The van der Waals surface area contributed by atoms with Crippen LogP contribution in [-0.4, -0.2) is 24.3 Å². The first kappa shape index (κ1) is 13.7. The number of aliphatic carboxylic acids is 1. The van der Waals surface area contributed by atoms with Crippen LogP contribution in [0.1, 0.15) is 30.5 Å². The van der Waals surface area contributed by atoms with E-state index >= 15 is 0 Å². The zero-order valence-corrected chi connectivity index (χ0v) is 10.2. The highest BCUT2D eigenvalue weighted by Gasteiger charge is 2.13. The van der Waals surface area contributed by atoms with Crippen LogP contribution in [0.2, 0.25) is 0 Å². The monoisotopic (exact) mass is 237 g/mol. The number of carboxylic acid groups (broad SMARTS) is 1. The maximum absolute atomic E-state index is 10.7. The summed E-state index contributed by atoms with van der Waals surface area (Å²) in [6, 6.07) is 6.43. The first-order valence-electron chi connectivity index (χ1n) is 5.64. The van der Waals surface area contributed by atoms with Crippen LogP contribution in [0.4, 0.5) is 0 Å². The normalized spacial score (nSPS) is 14.3. The van der Waals surface area contributed by atoms with Gasteiger partial charge in [-0.25, -0.2) is 0 Å². The summed E-state index contributed by atoms with van der Waals surface area (Å²) in [5.74, 6) is -1.01. The summed E-state index contributed by atoms with van der Waals surface area (Å²) >= 11 is 0. The van der Waals surface area contributed by atoms with E-state index in [-0.39, 0.29) is 6.10 Å². The van der Waals surface area contributed by atoms with Gasteiger partial charge < -0.3 is 15.6 Å². The number of hydrogen-bond acceptors (Lipinski definition) is 3. The van der Waals surface area contributed by atoms with Gasteiger partial charge in [0.15, 0.2) is 0 Å². The molecular formula is C13H19NO3. The number of nitrogens with two attached hydrogens (primary N) is 1. The summed E-state index contributed by atoms with van der Waals surface area (Å²) in [6.45, 7) is 2.02. The van der Waals surface area contributed by atoms with Gasteiger partial charge in [0.05, 0.1) is 6.10 Å². The number of rotatable bonds is 6.